The van der Waals surface area contributed by atoms with Crippen molar-refractivity contribution in [1.29, 1.82) is 0 Å². The smallest absolute Gasteiger partial charge is 0.191 e. The summed E-state index contributed by atoms with van der Waals surface area (Å²) in [5.41, 5.74) is 1.34. The normalized spacial score (nSPS) is 19.5. The van der Waals surface area contributed by atoms with Crippen molar-refractivity contribution >= 4 is 29.9 Å². The molecule has 2 N–H and O–H groups in total. The van der Waals surface area contributed by atoms with E-state index >= 15 is 0 Å². The van der Waals surface area contributed by atoms with Crippen molar-refractivity contribution in [3.05, 3.63) is 29.8 Å². The predicted molar refractivity (Wildman–Crippen MR) is 109 cm³/mol. The summed E-state index contributed by atoms with van der Waals surface area (Å²) in [7, 11) is 3.55. The van der Waals surface area contributed by atoms with Crippen molar-refractivity contribution in [1.82, 2.24) is 15.5 Å². The number of benzene rings is 1. The van der Waals surface area contributed by atoms with Crippen LogP contribution < -0.4 is 15.4 Å². The average molecular weight is 444 g/mol. The van der Waals surface area contributed by atoms with E-state index in [0.29, 0.717) is 12.1 Å². The second kappa shape index (κ2) is 9.46. The number of nitrogens with one attached hydrogen (secondary N) is 2. The lowest BCUT2D eigenvalue weighted by Gasteiger charge is -2.29. The molecule has 0 amide bonds. The predicted octanol–water partition coefficient (Wildman–Crippen LogP) is 2.78. The number of nitrogens with zero attached hydrogens (tertiary/aromatic N) is 2. The fraction of sp³-hybridized carbons (Fsp3) is 0.611. The second-order valence-electron chi connectivity index (χ2n) is 6.40. The molecule has 24 heavy (non-hydrogen) atoms. The summed E-state index contributed by atoms with van der Waals surface area (Å²) in [6.45, 7) is 3.22. The standard InChI is InChI=1S/C18H28N4O.HI/c1-19-18(21-15-7-8-15)20-13-17(22-11-3-4-12-22)14-5-9-16(23-2)10-6-14;/h5-6,9-10,15,17H,3-4,7-8,11-13H2,1-2H3,(H2,19,20,21);1H. The fourth-order valence-corrected chi connectivity index (χ4v) is 3.15. The van der Waals surface area contributed by atoms with Gasteiger partial charge in [-0.05, 0) is 56.5 Å². The third-order valence-electron chi connectivity index (χ3n) is 4.69. The first-order valence-electron chi connectivity index (χ1n) is 8.65. The molecular formula is C18H29IN4O. The van der Waals surface area contributed by atoms with Gasteiger partial charge in [-0.25, -0.2) is 0 Å². The molecular weight excluding hydrogens is 415 g/mol. The quantitative estimate of drug-likeness (QED) is 0.403. The number of halogens is 1. The van der Waals surface area contributed by atoms with Crippen LogP contribution in [0.4, 0.5) is 0 Å². The molecule has 6 heteroatoms. The number of ether oxygens (including phenoxy) is 1. The van der Waals surface area contributed by atoms with Crippen molar-refractivity contribution < 1.29 is 4.74 Å². The zero-order chi connectivity index (χ0) is 16.1. The highest BCUT2D eigenvalue weighted by Gasteiger charge is 2.25. The summed E-state index contributed by atoms with van der Waals surface area (Å²) in [6, 6.07) is 9.46. The Morgan fingerprint density at radius 1 is 1.25 bits per heavy atom. The number of likely N-dealkylation sites (tertiary alicyclic amines) is 1. The second-order valence-corrected chi connectivity index (χ2v) is 6.40. The van der Waals surface area contributed by atoms with Crippen LogP contribution in [0.15, 0.2) is 29.3 Å². The molecule has 2 aliphatic rings. The SMILES string of the molecule is CN=C(NCC(c1ccc(OC)cc1)N1CCCC1)NC1CC1.I. The molecule has 2 fully saturated rings. The summed E-state index contributed by atoms with van der Waals surface area (Å²) in [5, 5.41) is 6.97. The number of hydrogen-bond acceptors (Lipinski definition) is 3. The van der Waals surface area contributed by atoms with E-state index in [4.69, 9.17) is 4.74 Å². The van der Waals surface area contributed by atoms with Crippen LogP contribution >= 0.6 is 24.0 Å². The molecule has 0 radical (unpaired) electrons. The lowest BCUT2D eigenvalue weighted by molar-refractivity contribution is 0.245. The summed E-state index contributed by atoms with van der Waals surface area (Å²) in [5.74, 6) is 1.83. The zero-order valence-corrected chi connectivity index (χ0v) is 17.0. The largest absolute Gasteiger partial charge is 0.497 e. The van der Waals surface area contributed by atoms with E-state index in [0.717, 1.165) is 18.3 Å². The van der Waals surface area contributed by atoms with Gasteiger partial charge in [-0.15, -0.1) is 24.0 Å². The first-order chi connectivity index (χ1) is 11.3. The van der Waals surface area contributed by atoms with E-state index in [1.165, 1.54) is 44.3 Å². The van der Waals surface area contributed by atoms with Gasteiger partial charge in [0.15, 0.2) is 5.96 Å². The lowest BCUT2D eigenvalue weighted by atomic mass is 10.1. The highest BCUT2D eigenvalue weighted by molar-refractivity contribution is 14.0. The van der Waals surface area contributed by atoms with Gasteiger partial charge in [0.25, 0.3) is 0 Å². The van der Waals surface area contributed by atoms with Crippen LogP contribution in [0.2, 0.25) is 0 Å². The van der Waals surface area contributed by atoms with E-state index in [-0.39, 0.29) is 24.0 Å². The molecule has 0 spiro atoms. The molecule has 1 saturated heterocycles. The van der Waals surface area contributed by atoms with Gasteiger partial charge >= 0.3 is 0 Å². The summed E-state index contributed by atoms with van der Waals surface area (Å²) >= 11 is 0. The topological polar surface area (TPSA) is 48.9 Å². The summed E-state index contributed by atoms with van der Waals surface area (Å²) in [4.78, 5) is 6.91. The van der Waals surface area contributed by atoms with E-state index in [9.17, 15) is 0 Å². The Bertz CT molecular complexity index is 524. The van der Waals surface area contributed by atoms with E-state index in [2.05, 4.69) is 44.8 Å². The molecule has 5 nitrogen and oxygen atoms in total. The molecule has 0 bridgehead atoms. The number of rotatable bonds is 6. The Morgan fingerprint density at radius 3 is 2.46 bits per heavy atom. The first kappa shape index (κ1) is 19.3. The molecule has 134 valence electrons. The third-order valence-corrected chi connectivity index (χ3v) is 4.69. The van der Waals surface area contributed by atoms with Crippen molar-refractivity contribution in [2.45, 2.75) is 37.8 Å². The molecule has 1 aliphatic heterocycles. The molecule has 1 aromatic rings. The van der Waals surface area contributed by atoms with Gasteiger partial charge in [-0.1, -0.05) is 12.1 Å². The molecule has 1 unspecified atom stereocenters. The van der Waals surface area contributed by atoms with Gasteiger partial charge in [0.05, 0.1) is 13.2 Å². The monoisotopic (exact) mass is 444 g/mol. The molecule has 1 atom stereocenters. The van der Waals surface area contributed by atoms with Crippen LogP contribution in [0, 0.1) is 0 Å². The first-order valence-corrected chi connectivity index (χ1v) is 8.65. The molecule has 1 saturated carbocycles. The van der Waals surface area contributed by atoms with Gasteiger partial charge < -0.3 is 15.4 Å². The molecule has 0 aromatic heterocycles. The Hall–Kier alpha value is -1.02. The number of guanidine groups is 1. The van der Waals surface area contributed by atoms with Crippen LogP contribution in [0.1, 0.15) is 37.3 Å². The zero-order valence-electron chi connectivity index (χ0n) is 14.6. The minimum absolute atomic E-state index is 0. The lowest BCUT2D eigenvalue weighted by Crippen LogP contribution is -2.43. The maximum Gasteiger partial charge on any atom is 0.191 e. The fourth-order valence-electron chi connectivity index (χ4n) is 3.15. The Balaban J connectivity index is 0.00000208. The van der Waals surface area contributed by atoms with Gasteiger partial charge in [0, 0.05) is 19.6 Å². The van der Waals surface area contributed by atoms with Crippen molar-refractivity contribution in [2.75, 3.05) is 33.8 Å². The van der Waals surface area contributed by atoms with Gasteiger partial charge in [0.2, 0.25) is 0 Å². The Kier molecular flexibility index (Phi) is 7.61. The van der Waals surface area contributed by atoms with Crippen LogP contribution in [0.3, 0.4) is 0 Å². The molecule has 3 rings (SSSR count). The van der Waals surface area contributed by atoms with E-state index < -0.39 is 0 Å². The van der Waals surface area contributed by atoms with Crippen molar-refractivity contribution in [3.8, 4) is 5.75 Å². The minimum Gasteiger partial charge on any atom is -0.497 e. The molecule has 1 aromatic carbocycles. The van der Waals surface area contributed by atoms with Gasteiger partial charge in [-0.2, -0.15) is 0 Å². The third kappa shape index (κ3) is 5.24. The Labute approximate surface area is 162 Å². The average Bonchev–Trinajstić information content (AvgIpc) is 3.25. The number of aliphatic imine (C=N–C) groups is 1. The maximum atomic E-state index is 5.28. The van der Waals surface area contributed by atoms with Gasteiger partial charge in [-0.3, -0.25) is 9.89 Å². The van der Waals surface area contributed by atoms with E-state index in [1.54, 1.807) is 7.11 Å². The van der Waals surface area contributed by atoms with Crippen LogP contribution in [0.5, 0.6) is 5.75 Å². The summed E-state index contributed by atoms with van der Waals surface area (Å²) in [6.07, 6.45) is 5.10. The maximum absolute atomic E-state index is 5.28. The highest BCUT2D eigenvalue weighted by atomic mass is 127. The molecule has 1 heterocycles. The van der Waals surface area contributed by atoms with Crippen molar-refractivity contribution in [2.24, 2.45) is 4.99 Å². The number of hydrogen-bond donors (Lipinski definition) is 2. The van der Waals surface area contributed by atoms with Crippen LogP contribution in [0.25, 0.3) is 0 Å². The van der Waals surface area contributed by atoms with Crippen LogP contribution in [-0.2, 0) is 0 Å². The van der Waals surface area contributed by atoms with Crippen LogP contribution in [-0.4, -0.2) is 50.7 Å². The summed E-state index contributed by atoms with van der Waals surface area (Å²) < 4.78 is 5.28. The van der Waals surface area contributed by atoms with E-state index in [1.807, 2.05) is 7.05 Å². The molecule has 1 aliphatic carbocycles. The highest BCUT2D eigenvalue weighted by Crippen LogP contribution is 2.26. The van der Waals surface area contributed by atoms with Crippen molar-refractivity contribution in [3.63, 3.8) is 0 Å². The number of methoxy groups -OCH3 is 1. The minimum atomic E-state index is 0. The Morgan fingerprint density at radius 2 is 1.92 bits per heavy atom. The van der Waals surface area contributed by atoms with Gasteiger partial charge in [0.1, 0.15) is 5.75 Å².